The first-order valence-electron chi connectivity index (χ1n) is 9.51. The van der Waals surface area contributed by atoms with Crippen molar-refractivity contribution in [1.82, 2.24) is 14.8 Å². The molecule has 27 heavy (non-hydrogen) atoms. The first-order valence-corrected chi connectivity index (χ1v) is 10.5. The van der Waals surface area contributed by atoms with Crippen molar-refractivity contribution in [3.63, 3.8) is 0 Å². The summed E-state index contributed by atoms with van der Waals surface area (Å²) in [6, 6.07) is 8.55. The second-order valence-electron chi connectivity index (χ2n) is 8.06. The molecule has 2 aromatic rings. The van der Waals surface area contributed by atoms with Gasteiger partial charge in [0.05, 0.1) is 23.4 Å². The zero-order valence-electron chi connectivity index (χ0n) is 16.3. The van der Waals surface area contributed by atoms with Gasteiger partial charge in [-0.3, -0.25) is 9.69 Å². The van der Waals surface area contributed by atoms with Gasteiger partial charge in [0.25, 0.3) is 0 Å². The Kier molecular flexibility index (Phi) is 4.82. The number of likely N-dealkylation sites (tertiary alicyclic amines) is 1. The average molecular weight is 386 g/mol. The van der Waals surface area contributed by atoms with Crippen LogP contribution < -0.4 is 0 Å². The molecular formula is C21H27N3O2S. The number of carbonyl (C=O) groups is 1. The van der Waals surface area contributed by atoms with Gasteiger partial charge < -0.3 is 9.64 Å². The summed E-state index contributed by atoms with van der Waals surface area (Å²) in [6.45, 7) is 4.45. The van der Waals surface area contributed by atoms with E-state index in [2.05, 4.69) is 41.1 Å². The van der Waals surface area contributed by atoms with E-state index in [1.165, 1.54) is 11.1 Å². The molecule has 1 unspecified atom stereocenters. The number of hydrogen-bond acceptors (Lipinski definition) is 5. The lowest BCUT2D eigenvalue weighted by Gasteiger charge is -2.47. The predicted octanol–water partition coefficient (Wildman–Crippen LogP) is 3.05. The molecule has 4 rings (SSSR count). The molecule has 1 saturated heterocycles. The summed E-state index contributed by atoms with van der Waals surface area (Å²) in [5.74, 6) is 0.138. The van der Waals surface area contributed by atoms with Gasteiger partial charge in [0.2, 0.25) is 5.91 Å². The van der Waals surface area contributed by atoms with Crippen molar-refractivity contribution in [2.45, 2.75) is 43.9 Å². The van der Waals surface area contributed by atoms with E-state index in [-0.39, 0.29) is 11.5 Å². The SMILES string of the molecule is CN(C)C(=O)C(C)(Cc1cscn1)N1CCC2(CC1)OCc1ccccc12. The fourth-order valence-corrected chi connectivity index (χ4v) is 5.20. The minimum atomic E-state index is -0.586. The van der Waals surface area contributed by atoms with Crippen LogP contribution in [0.15, 0.2) is 35.2 Å². The Bertz CT molecular complexity index is 813. The summed E-state index contributed by atoms with van der Waals surface area (Å²) in [5.41, 5.74) is 4.70. The number of rotatable bonds is 4. The highest BCUT2D eigenvalue weighted by atomic mass is 32.1. The Labute approximate surface area is 165 Å². The minimum absolute atomic E-state index is 0.138. The maximum absolute atomic E-state index is 13.1. The highest BCUT2D eigenvalue weighted by molar-refractivity contribution is 7.07. The number of thiazole rings is 1. The molecule has 6 heteroatoms. The van der Waals surface area contributed by atoms with Crippen molar-refractivity contribution in [3.8, 4) is 0 Å². The summed E-state index contributed by atoms with van der Waals surface area (Å²) < 4.78 is 6.29. The molecule has 1 atom stereocenters. The molecule has 144 valence electrons. The third-order valence-electron chi connectivity index (χ3n) is 6.16. The average Bonchev–Trinajstić information content (AvgIpc) is 3.30. The lowest BCUT2D eigenvalue weighted by atomic mass is 9.81. The van der Waals surface area contributed by atoms with Crippen molar-refractivity contribution >= 4 is 17.2 Å². The summed E-state index contributed by atoms with van der Waals surface area (Å²) >= 11 is 1.58. The monoisotopic (exact) mass is 385 g/mol. The third kappa shape index (κ3) is 3.20. The smallest absolute Gasteiger partial charge is 0.242 e. The molecule has 1 fully saturated rings. The maximum Gasteiger partial charge on any atom is 0.242 e. The lowest BCUT2D eigenvalue weighted by Crippen LogP contribution is -2.61. The fourth-order valence-electron chi connectivity index (χ4n) is 4.64. The number of fused-ring (bicyclic) bond motifs is 2. The second kappa shape index (κ2) is 7.00. The zero-order chi connectivity index (χ0) is 19.1. The van der Waals surface area contributed by atoms with Gasteiger partial charge in [0.15, 0.2) is 0 Å². The fraction of sp³-hybridized carbons (Fsp3) is 0.524. The Morgan fingerprint density at radius 1 is 1.33 bits per heavy atom. The van der Waals surface area contributed by atoms with Crippen LogP contribution in [0.25, 0.3) is 0 Å². The standard InChI is InChI=1S/C21H27N3O2S/c1-20(19(25)23(2)3,12-17-14-27-15-22-17)24-10-8-21(9-11-24)18-7-5-4-6-16(18)13-26-21/h4-7,14-15H,8-13H2,1-3H3. The van der Waals surface area contributed by atoms with Crippen LogP contribution in [-0.4, -0.2) is 53.4 Å². The maximum atomic E-state index is 13.1. The number of benzene rings is 1. The van der Waals surface area contributed by atoms with Gasteiger partial charge in [-0.05, 0) is 30.9 Å². The topological polar surface area (TPSA) is 45.7 Å². The number of piperidine rings is 1. The van der Waals surface area contributed by atoms with E-state index in [1.54, 1.807) is 16.2 Å². The number of hydrogen-bond donors (Lipinski definition) is 0. The van der Waals surface area contributed by atoms with E-state index < -0.39 is 5.54 Å². The first-order chi connectivity index (χ1) is 12.9. The summed E-state index contributed by atoms with van der Waals surface area (Å²) in [7, 11) is 3.67. The van der Waals surface area contributed by atoms with Gasteiger partial charge >= 0.3 is 0 Å². The Morgan fingerprint density at radius 3 is 2.74 bits per heavy atom. The highest BCUT2D eigenvalue weighted by Crippen LogP contribution is 2.45. The summed E-state index contributed by atoms with van der Waals surface area (Å²) in [5, 5.41) is 2.04. The molecule has 1 spiro atoms. The van der Waals surface area contributed by atoms with Gasteiger partial charge in [0, 0.05) is 39.0 Å². The number of carbonyl (C=O) groups excluding carboxylic acids is 1. The minimum Gasteiger partial charge on any atom is -0.365 e. The molecule has 0 aliphatic carbocycles. The van der Waals surface area contributed by atoms with Gasteiger partial charge in [-0.2, -0.15) is 0 Å². The molecule has 0 N–H and O–H groups in total. The molecule has 3 heterocycles. The van der Waals surface area contributed by atoms with E-state index in [0.29, 0.717) is 13.0 Å². The van der Waals surface area contributed by atoms with Crippen LogP contribution in [0, 0.1) is 0 Å². The van der Waals surface area contributed by atoms with Crippen molar-refractivity contribution < 1.29 is 9.53 Å². The Balaban J connectivity index is 1.56. The van der Waals surface area contributed by atoms with Gasteiger partial charge in [0.1, 0.15) is 5.54 Å². The number of amides is 1. The van der Waals surface area contributed by atoms with Crippen molar-refractivity contribution in [2.75, 3.05) is 27.2 Å². The van der Waals surface area contributed by atoms with Crippen molar-refractivity contribution in [2.24, 2.45) is 0 Å². The molecule has 0 bridgehead atoms. The molecule has 5 nitrogen and oxygen atoms in total. The van der Waals surface area contributed by atoms with Crippen LogP contribution >= 0.6 is 11.3 Å². The molecular weight excluding hydrogens is 358 g/mol. The molecule has 0 radical (unpaired) electrons. The quantitative estimate of drug-likeness (QED) is 0.812. The van der Waals surface area contributed by atoms with Crippen LogP contribution in [0.2, 0.25) is 0 Å². The summed E-state index contributed by atoms with van der Waals surface area (Å²) in [4.78, 5) is 21.6. The zero-order valence-corrected chi connectivity index (χ0v) is 17.1. The van der Waals surface area contributed by atoms with Crippen LogP contribution in [-0.2, 0) is 28.2 Å². The van der Waals surface area contributed by atoms with E-state index in [1.807, 2.05) is 25.0 Å². The van der Waals surface area contributed by atoms with Crippen molar-refractivity contribution in [1.29, 1.82) is 0 Å². The van der Waals surface area contributed by atoms with E-state index in [0.717, 1.165) is 31.6 Å². The van der Waals surface area contributed by atoms with Gasteiger partial charge in [-0.15, -0.1) is 11.3 Å². The van der Waals surface area contributed by atoms with Crippen LogP contribution in [0.3, 0.4) is 0 Å². The van der Waals surface area contributed by atoms with E-state index in [4.69, 9.17) is 4.74 Å². The van der Waals surface area contributed by atoms with Crippen LogP contribution in [0.5, 0.6) is 0 Å². The van der Waals surface area contributed by atoms with Crippen LogP contribution in [0.4, 0.5) is 0 Å². The number of likely N-dealkylation sites (N-methyl/N-ethyl adjacent to an activating group) is 1. The Morgan fingerprint density at radius 2 is 2.07 bits per heavy atom. The molecule has 1 amide bonds. The lowest BCUT2D eigenvalue weighted by molar-refractivity contribution is -0.147. The number of ether oxygens (including phenoxy) is 1. The van der Waals surface area contributed by atoms with E-state index in [9.17, 15) is 4.79 Å². The van der Waals surface area contributed by atoms with Gasteiger partial charge in [-0.25, -0.2) is 4.98 Å². The second-order valence-corrected chi connectivity index (χ2v) is 8.78. The molecule has 1 aromatic heterocycles. The predicted molar refractivity (Wildman–Crippen MR) is 107 cm³/mol. The molecule has 0 saturated carbocycles. The summed E-state index contributed by atoms with van der Waals surface area (Å²) in [6.07, 6.45) is 2.46. The molecule has 1 aromatic carbocycles. The van der Waals surface area contributed by atoms with Crippen LogP contribution in [0.1, 0.15) is 36.6 Å². The normalized spacial score (nSPS) is 21.0. The van der Waals surface area contributed by atoms with Crippen molar-refractivity contribution in [3.05, 3.63) is 52.0 Å². The number of nitrogens with zero attached hydrogens (tertiary/aromatic N) is 3. The number of aromatic nitrogens is 1. The third-order valence-corrected chi connectivity index (χ3v) is 6.79. The Hall–Kier alpha value is -1.76. The molecule has 2 aliphatic rings. The first kappa shape index (κ1) is 18.6. The van der Waals surface area contributed by atoms with E-state index >= 15 is 0 Å². The highest BCUT2D eigenvalue weighted by Gasteiger charge is 2.48. The largest absolute Gasteiger partial charge is 0.365 e. The van der Waals surface area contributed by atoms with Gasteiger partial charge in [-0.1, -0.05) is 24.3 Å². The molecule has 2 aliphatic heterocycles.